The molecular formula is C12H19N3O. The first kappa shape index (κ1) is 10.3. The van der Waals surface area contributed by atoms with Crippen LogP contribution in [0.25, 0.3) is 0 Å². The van der Waals surface area contributed by atoms with Gasteiger partial charge in [-0.2, -0.15) is 5.10 Å². The summed E-state index contributed by atoms with van der Waals surface area (Å²) in [5, 5.41) is 7.97. The van der Waals surface area contributed by atoms with Crippen molar-refractivity contribution in [2.24, 2.45) is 0 Å². The largest absolute Gasteiger partial charge is 0.379 e. The van der Waals surface area contributed by atoms with Crippen molar-refractivity contribution < 1.29 is 4.74 Å². The van der Waals surface area contributed by atoms with Gasteiger partial charge in [0.15, 0.2) is 0 Å². The third-order valence-corrected chi connectivity index (χ3v) is 3.83. The van der Waals surface area contributed by atoms with Crippen LogP contribution in [0.5, 0.6) is 0 Å². The predicted octanol–water partition coefficient (Wildman–Crippen LogP) is 1.23. The summed E-state index contributed by atoms with van der Waals surface area (Å²) in [5.41, 5.74) is 2.76. The van der Waals surface area contributed by atoms with Gasteiger partial charge in [-0.15, -0.1) is 0 Å². The summed E-state index contributed by atoms with van der Waals surface area (Å²) in [6, 6.07) is 0.461. The molecule has 2 saturated heterocycles. The van der Waals surface area contributed by atoms with Gasteiger partial charge in [-0.1, -0.05) is 0 Å². The third-order valence-electron chi connectivity index (χ3n) is 3.83. The second kappa shape index (κ2) is 4.18. The average Bonchev–Trinajstić information content (AvgIpc) is 2.96. The molecule has 0 aliphatic carbocycles. The lowest BCUT2D eigenvalue weighted by molar-refractivity contribution is 0.184. The molecule has 16 heavy (non-hydrogen) atoms. The number of ether oxygens (including phenoxy) is 1. The van der Waals surface area contributed by atoms with Crippen LogP contribution in [0.3, 0.4) is 0 Å². The van der Waals surface area contributed by atoms with Gasteiger partial charge in [-0.05, 0) is 31.9 Å². The predicted molar refractivity (Wildman–Crippen MR) is 61.7 cm³/mol. The molecule has 2 aliphatic rings. The van der Waals surface area contributed by atoms with Crippen molar-refractivity contribution in [2.75, 3.05) is 26.3 Å². The Morgan fingerprint density at radius 1 is 1.50 bits per heavy atom. The first-order chi connectivity index (χ1) is 7.86. The Kier molecular flexibility index (Phi) is 2.69. The van der Waals surface area contributed by atoms with Gasteiger partial charge in [0.2, 0.25) is 0 Å². The summed E-state index contributed by atoms with van der Waals surface area (Å²) in [5.74, 6) is 0.663. The standard InChI is InChI=1S/C12H19N3O/c1-9-12(10-2-4-13-6-10)7-14-15(9)11-3-5-16-8-11/h7,10-11,13H,2-6,8H2,1H3. The number of nitrogens with one attached hydrogen (secondary N) is 1. The van der Waals surface area contributed by atoms with Gasteiger partial charge in [0.05, 0.1) is 18.8 Å². The highest BCUT2D eigenvalue weighted by Gasteiger charge is 2.25. The molecule has 4 heteroatoms. The Morgan fingerprint density at radius 2 is 2.44 bits per heavy atom. The van der Waals surface area contributed by atoms with Gasteiger partial charge >= 0.3 is 0 Å². The zero-order chi connectivity index (χ0) is 11.0. The molecule has 3 rings (SSSR count). The van der Waals surface area contributed by atoms with E-state index in [1.165, 1.54) is 17.7 Å². The molecule has 1 aromatic rings. The molecule has 0 amide bonds. The van der Waals surface area contributed by atoms with E-state index in [1.54, 1.807) is 0 Å². The number of nitrogens with zero attached hydrogens (tertiary/aromatic N) is 2. The highest BCUT2D eigenvalue weighted by molar-refractivity contribution is 5.23. The minimum atomic E-state index is 0.461. The molecule has 2 fully saturated rings. The summed E-state index contributed by atoms with van der Waals surface area (Å²) in [6.45, 7) is 6.14. The highest BCUT2D eigenvalue weighted by Crippen LogP contribution is 2.28. The molecule has 0 saturated carbocycles. The van der Waals surface area contributed by atoms with Gasteiger partial charge < -0.3 is 10.1 Å². The van der Waals surface area contributed by atoms with Crippen LogP contribution in [0.1, 0.15) is 36.1 Å². The maximum absolute atomic E-state index is 5.43. The molecule has 0 bridgehead atoms. The fourth-order valence-corrected chi connectivity index (χ4v) is 2.84. The zero-order valence-electron chi connectivity index (χ0n) is 9.78. The Balaban J connectivity index is 1.84. The minimum Gasteiger partial charge on any atom is -0.379 e. The summed E-state index contributed by atoms with van der Waals surface area (Å²) in [6.07, 6.45) is 4.41. The molecule has 1 N–H and O–H groups in total. The van der Waals surface area contributed by atoms with Crippen LogP contribution in [0.2, 0.25) is 0 Å². The van der Waals surface area contributed by atoms with E-state index < -0.39 is 0 Å². The van der Waals surface area contributed by atoms with Crippen LogP contribution in [-0.2, 0) is 4.74 Å². The van der Waals surface area contributed by atoms with Gasteiger partial charge in [-0.25, -0.2) is 0 Å². The number of rotatable bonds is 2. The molecule has 3 heterocycles. The molecular weight excluding hydrogens is 202 g/mol. The second-order valence-corrected chi connectivity index (χ2v) is 4.84. The average molecular weight is 221 g/mol. The molecule has 0 spiro atoms. The lowest BCUT2D eigenvalue weighted by Gasteiger charge is -2.13. The van der Waals surface area contributed by atoms with Crippen molar-refractivity contribution in [3.05, 3.63) is 17.5 Å². The van der Waals surface area contributed by atoms with E-state index in [-0.39, 0.29) is 0 Å². The van der Waals surface area contributed by atoms with Crippen molar-refractivity contribution in [3.8, 4) is 0 Å². The molecule has 4 nitrogen and oxygen atoms in total. The molecule has 0 radical (unpaired) electrons. The van der Waals surface area contributed by atoms with Crippen molar-refractivity contribution in [1.82, 2.24) is 15.1 Å². The molecule has 1 aromatic heterocycles. The topological polar surface area (TPSA) is 39.1 Å². The van der Waals surface area contributed by atoms with Crippen molar-refractivity contribution in [2.45, 2.75) is 31.7 Å². The van der Waals surface area contributed by atoms with E-state index >= 15 is 0 Å². The summed E-state index contributed by atoms with van der Waals surface area (Å²) in [7, 11) is 0. The molecule has 2 unspecified atom stereocenters. The fraction of sp³-hybridized carbons (Fsp3) is 0.750. The SMILES string of the molecule is Cc1c(C2CCNC2)cnn1C1CCOC1. The van der Waals surface area contributed by atoms with Crippen LogP contribution in [0, 0.1) is 6.92 Å². The molecule has 2 atom stereocenters. The molecule has 0 aromatic carbocycles. The van der Waals surface area contributed by atoms with Gasteiger partial charge in [-0.3, -0.25) is 4.68 Å². The lowest BCUT2D eigenvalue weighted by atomic mass is 9.99. The third kappa shape index (κ3) is 1.66. The van der Waals surface area contributed by atoms with Crippen LogP contribution in [0.4, 0.5) is 0 Å². The maximum Gasteiger partial charge on any atom is 0.0777 e. The Hall–Kier alpha value is -0.870. The maximum atomic E-state index is 5.43. The quantitative estimate of drug-likeness (QED) is 0.816. The first-order valence-electron chi connectivity index (χ1n) is 6.18. The monoisotopic (exact) mass is 221 g/mol. The van der Waals surface area contributed by atoms with Crippen molar-refractivity contribution in [1.29, 1.82) is 0 Å². The second-order valence-electron chi connectivity index (χ2n) is 4.84. The van der Waals surface area contributed by atoms with E-state index in [9.17, 15) is 0 Å². The van der Waals surface area contributed by atoms with Crippen LogP contribution < -0.4 is 5.32 Å². The van der Waals surface area contributed by atoms with E-state index in [4.69, 9.17) is 4.74 Å². The van der Waals surface area contributed by atoms with E-state index in [0.29, 0.717) is 12.0 Å². The number of hydrogen-bond acceptors (Lipinski definition) is 3. The summed E-state index contributed by atoms with van der Waals surface area (Å²) >= 11 is 0. The van der Waals surface area contributed by atoms with E-state index in [2.05, 4.69) is 28.2 Å². The van der Waals surface area contributed by atoms with Gasteiger partial charge in [0.1, 0.15) is 0 Å². The van der Waals surface area contributed by atoms with Gasteiger partial charge in [0.25, 0.3) is 0 Å². The number of aromatic nitrogens is 2. The lowest BCUT2D eigenvalue weighted by Crippen LogP contribution is -2.13. The van der Waals surface area contributed by atoms with E-state index in [1.807, 2.05) is 0 Å². The summed E-state index contributed by atoms with van der Waals surface area (Å²) < 4.78 is 7.60. The Morgan fingerprint density at radius 3 is 3.12 bits per heavy atom. The van der Waals surface area contributed by atoms with Crippen LogP contribution in [-0.4, -0.2) is 36.1 Å². The Bertz CT molecular complexity index is 329. The minimum absolute atomic E-state index is 0.461. The normalized spacial score (nSPS) is 30.1. The van der Waals surface area contributed by atoms with Crippen molar-refractivity contribution >= 4 is 0 Å². The molecule has 88 valence electrons. The van der Waals surface area contributed by atoms with E-state index in [0.717, 1.165) is 32.7 Å². The fourth-order valence-electron chi connectivity index (χ4n) is 2.84. The molecule has 2 aliphatic heterocycles. The first-order valence-corrected chi connectivity index (χ1v) is 6.18. The van der Waals surface area contributed by atoms with Crippen LogP contribution >= 0.6 is 0 Å². The smallest absolute Gasteiger partial charge is 0.0777 e. The van der Waals surface area contributed by atoms with Crippen LogP contribution in [0.15, 0.2) is 6.20 Å². The number of hydrogen-bond donors (Lipinski definition) is 1. The highest BCUT2D eigenvalue weighted by atomic mass is 16.5. The van der Waals surface area contributed by atoms with Gasteiger partial charge in [0, 0.05) is 24.8 Å². The zero-order valence-corrected chi connectivity index (χ0v) is 9.78. The van der Waals surface area contributed by atoms with Crippen molar-refractivity contribution in [3.63, 3.8) is 0 Å². The Labute approximate surface area is 96.0 Å². The summed E-state index contributed by atoms with van der Waals surface area (Å²) in [4.78, 5) is 0.